The van der Waals surface area contributed by atoms with Gasteiger partial charge in [-0.3, -0.25) is 0 Å². The molecule has 2 unspecified atom stereocenters. The van der Waals surface area contributed by atoms with Gasteiger partial charge in [-0.1, -0.05) is 89.8 Å². The Labute approximate surface area is 344 Å². The van der Waals surface area contributed by atoms with Gasteiger partial charge in [-0.15, -0.1) is 0 Å². The highest BCUT2D eigenvalue weighted by molar-refractivity contribution is 14.1. The topological polar surface area (TPSA) is 115 Å². The first-order chi connectivity index (χ1) is 25.6. The van der Waals surface area contributed by atoms with Gasteiger partial charge in [0, 0.05) is 47.4 Å². The molecule has 2 heterocycles. The van der Waals surface area contributed by atoms with Crippen molar-refractivity contribution in [3.8, 4) is 11.5 Å². The molecule has 0 saturated heterocycles. The van der Waals surface area contributed by atoms with Crippen LogP contribution in [0.4, 0.5) is 22.7 Å². The van der Waals surface area contributed by atoms with Crippen LogP contribution in [0.15, 0.2) is 99.2 Å². The van der Waals surface area contributed by atoms with Crippen molar-refractivity contribution in [1.82, 2.24) is 0 Å². The average Bonchev–Trinajstić information content (AvgIpc) is 3.32. The van der Waals surface area contributed by atoms with Crippen LogP contribution in [0.2, 0.25) is 0 Å². The third-order valence-electron chi connectivity index (χ3n) is 11.0. The third kappa shape index (κ3) is 9.24. The van der Waals surface area contributed by atoms with E-state index in [1.165, 1.54) is 12.1 Å². The Balaban J connectivity index is 0.000000208. The van der Waals surface area contributed by atoms with E-state index >= 15 is 0 Å². The minimum Gasteiger partial charge on any atom is -0.507 e. The number of hydrogen-bond donors (Lipinski definition) is 2. The minimum absolute atomic E-state index is 0.0171. The number of aromatic hydroxyl groups is 2. The van der Waals surface area contributed by atoms with E-state index in [0.717, 1.165) is 62.7 Å². The first-order valence-electron chi connectivity index (χ1n) is 18.8. The molecule has 6 rings (SSSR count). The van der Waals surface area contributed by atoms with Crippen molar-refractivity contribution < 1.29 is 27.0 Å². The Morgan fingerprint density at radius 1 is 0.648 bits per heavy atom. The molecule has 0 saturated carbocycles. The number of nitrogens with zero attached hydrogens (tertiary/aromatic N) is 2. The third-order valence-corrected chi connectivity index (χ3v) is 16.5. The summed E-state index contributed by atoms with van der Waals surface area (Å²) in [6.07, 6.45) is 7.40. The summed E-state index contributed by atoms with van der Waals surface area (Å²) in [5, 5.41) is 20.3. The molecule has 0 aliphatic carbocycles. The number of fused-ring (bicyclic) bond motifs is 2. The van der Waals surface area contributed by atoms with Crippen LogP contribution in [0.5, 0.6) is 11.5 Å². The van der Waals surface area contributed by atoms with Crippen molar-refractivity contribution in [3.63, 3.8) is 0 Å². The van der Waals surface area contributed by atoms with Gasteiger partial charge in [-0.25, -0.2) is 16.8 Å². The Hall–Kier alpha value is -2.81. The highest BCUT2D eigenvalue weighted by Crippen LogP contribution is 2.48. The SMILES string of the molecule is CCCCC1(CC)CN(c2ccccc2)c2cc(Br)c(O)cc2S(=O)(=O)C1.CCCCC1(CC)CN(c2ccccc2)c2cc(I)c(O)cc2S(=O)(=O)C1. The molecule has 12 heteroatoms. The molecule has 0 radical (unpaired) electrons. The van der Waals surface area contributed by atoms with E-state index in [0.29, 0.717) is 32.5 Å². The zero-order valence-electron chi connectivity index (χ0n) is 31.6. The lowest BCUT2D eigenvalue weighted by atomic mass is 9.81. The molecule has 0 aromatic heterocycles. The fourth-order valence-electron chi connectivity index (χ4n) is 7.74. The monoisotopic (exact) mass is 950 g/mol. The van der Waals surface area contributed by atoms with E-state index in [-0.39, 0.29) is 43.6 Å². The second kappa shape index (κ2) is 17.5. The van der Waals surface area contributed by atoms with Crippen molar-refractivity contribution in [2.24, 2.45) is 10.8 Å². The lowest BCUT2D eigenvalue weighted by Crippen LogP contribution is -2.37. The number of unbranched alkanes of at least 4 members (excludes halogenated alkanes) is 2. The number of phenols is 2. The van der Waals surface area contributed by atoms with Crippen molar-refractivity contribution in [2.75, 3.05) is 34.4 Å². The Bertz CT molecular complexity index is 1980. The normalized spacial score (nSPS) is 21.5. The average molecular weight is 952 g/mol. The molecule has 2 N–H and O–H groups in total. The molecule has 0 amide bonds. The van der Waals surface area contributed by atoms with Crippen LogP contribution < -0.4 is 9.80 Å². The molecule has 54 heavy (non-hydrogen) atoms. The van der Waals surface area contributed by atoms with E-state index in [4.69, 9.17) is 0 Å². The molecule has 4 aromatic rings. The van der Waals surface area contributed by atoms with Gasteiger partial charge >= 0.3 is 0 Å². The highest BCUT2D eigenvalue weighted by Gasteiger charge is 2.43. The van der Waals surface area contributed by atoms with Gasteiger partial charge in [0.05, 0.1) is 40.7 Å². The van der Waals surface area contributed by atoms with E-state index in [1.807, 2.05) is 60.7 Å². The number of halogens is 2. The van der Waals surface area contributed by atoms with E-state index in [1.54, 1.807) is 12.1 Å². The van der Waals surface area contributed by atoms with Gasteiger partial charge < -0.3 is 20.0 Å². The number of phenolic OH excluding ortho intramolecular Hbond substituents is 2. The van der Waals surface area contributed by atoms with E-state index in [9.17, 15) is 27.0 Å². The molecule has 0 fully saturated rings. The summed E-state index contributed by atoms with van der Waals surface area (Å²) in [4.78, 5) is 4.67. The number of rotatable bonds is 10. The number of hydrogen-bond acceptors (Lipinski definition) is 8. The molecular weight excluding hydrogens is 899 g/mol. The summed E-state index contributed by atoms with van der Waals surface area (Å²) in [6, 6.07) is 26.1. The van der Waals surface area contributed by atoms with Crippen LogP contribution in [0, 0.1) is 14.4 Å². The zero-order chi connectivity index (χ0) is 39.3. The number of para-hydroxylation sites is 2. The standard InChI is InChI=1S/C21H26BrNO3S.C21H26INO3S/c2*1-3-5-11-21(4-2)14-23(16-9-7-6-8-10-16)18-12-17(22)19(24)13-20(18)27(25,26)15-21/h2*6-10,12-13,24H,3-5,11,14-15H2,1-2H3. The van der Waals surface area contributed by atoms with E-state index in [2.05, 4.69) is 76.0 Å². The minimum atomic E-state index is -3.53. The molecule has 0 spiro atoms. The second-order valence-electron chi connectivity index (χ2n) is 14.8. The molecular formula is C42H52BrIN2O6S2. The Kier molecular flexibility index (Phi) is 13.8. The van der Waals surface area contributed by atoms with Crippen molar-refractivity contribution >= 4 is 80.9 Å². The van der Waals surface area contributed by atoms with Crippen molar-refractivity contribution in [1.29, 1.82) is 0 Å². The molecule has 0 bridgehead atoms. The summed E-state index contributed by atoms with van der Waals surface area (Å²) >= 11 is 5.41. The van der Waals surface area contributed by atoms with Gasteiger partial charge in [-0.05, 0) is 101 Å². The predicted octanol–water partition coefficient (Wildman–Crippen LogP) is 11.2. The maximum absolute atomic E-state index is 13.3. The summed E-state index contributed by atoms with van der Waals surface area (Å²) in [6.45, 7) is 9.73. The number of sulfone groups is 2. The quantitative estimate of drug-likeness (QED) is 0.151. The van der Waals surface area contributed by atoms with Crippen molar-refractivity contribution in [2.45, 2.75) is 88.9 Å². The number of anilines is 4. The smallest absolute Gasteiger partial charge is 0.181 e. The molecule has 292 valence electrons. The lowest BCUT2D eigenvalue weighted by molar-refractivity contribution is 0.290. The molecule has 8 nitrogen and oxygen atoms in total. The summed E-state index contributed by atoms with van der Waals surface area (Å²) in [7, 11) is -7.05. The Morgan fingerprint density at radius 2 is 1.06 bits per heavy atom. The van der Waals surface area contributed by atoms with Crippen LogP contribution >= 0.6 is 38.5 Å². The summed E-state index contributed by atoms with van der Waals surface area (Å²) in [5.74, 6) is 0.187. The first-order valence-corrected chi connectivity index (χ1v) is 24.0. The molecule has 2 atom stereocenters. The van der Waals surface area contributed by atoms with Crippen molar-refractivity contribution in [3.05, 3.63) is 93.0 Å². The largest absolute Gasteiger partial charge is 0.507 e. The van der Waals surface area contributed by atoms with Crippen LogP contribution in [0.1, 0.15) is 79.1 Å². The van der Waals surface area contributed by atoms with Gasteiger partial charge in [0.2, 0.25) is 0 Å². The first kappa shape index (κ1) is 42.3. The maximum Gasteiger partial charge on any atom is 0.181 e. The molecule has 2 aliphatic heterocycles. The molecule has 4 aromatic carbocycles. The van der Waals surface area contributed by atoms with E-state index < -0.39 is 19.7 Å². The zero-order valence-corrected chi connectivity index (χ0v) is 36.9. The van der Waals surface area contributed by atoms with Gasteiger partial charge in [-0.2, -0.15) is 0 Å². The van der Waals surface area contributed by atoms with Gasteiger partial charge in [0.25, 0.3) is 0 Å². The van der Waals surface area contributed by atoms with Crippen LogP contribution in [0.25, 0.3) is 0 Å². The summed E-state index contributed by atoms with van der Waals surface area (Å²) in [5.41, 5.74) is 2.58. The van der Waals surface area contributed by atoms with Crippen LogP contribution in [-0.2, 0) is 19.7 Å². The Morgan fingerprint density at radius 3 is 1.46 bits per heavy atom. The van der Waals surface area contributed by atoms with Crippen LogP contribution in [-0.4, -0.2) is 51.6 Å². The van der Waals surface area contributed by atoms with Gasteiger partial charge in [0.1, 0.15) is 11.5 Å². The predicted molar refractivity (Wildman–Crippen MR) is 232 cm³/mol. The fraction of sp³-hybridized carbons (Fsp3) is 0.429. The second-order valence-corrected chi connectivity index (χ2v) is 20.8. The highest BCUT2D eigenvalue weighted by atomic mass is 127. The van der Waals surface area contributed by atoms with Gasteiger partial charge in [0.15, 0.2) is 19.7 Å². The summed E-state index contributed by atoms with van der Waals surface area (Å²) < 4.78 is 54.4. The lowest BCUT2D eigenvalue weighted by Gasteiger charge is -2.36. The van der Waals surface area contributed by atoms with Crippen LogP contribution in [0.3, 0.4) is 0 Å². The number of benzene rings is 4. The maximum atomic E-state index is 13.3. The fourth-order valence-corrected chi connectivity index (χ4v) is 12.9. The molecule has 2 aliphatic rings.